The molecular weight excluding hydrogens is 216 g/mol. The van der Waals surface area contributed by atoms with Crippen LogP contribution in [0.2, 0.25) is 0 Å². The maximum absolute atomic E-state index is 3.54. The van der Waals surface area contributed by atoms with Crippen LogP contribution in [-0.2, 0) is 0 Å². The summed E-state index contributed by atoms with van der Waals surface area (Å²) in [5.74, 6) is 10.1. The van der Waals surface area contributed by atoms with Gasteiger partial charge < -0.3 is 0 Å². The Bertz CT molecular complexity index is 486. The lowest BCUT2D eigenvalue weighted by atomic mass is 9.43. The van der Waals surface area contributed by atoms with Crippen molar-refractivity contribution >= 4 is 0 Å². The van der Waals surface area contributed by atoms with E-state index in [1.165, 1.54) is 12.8 Å². The molecule has 0 nitrogen and oxygen atoms in total. The molecule has 3 aliphatic carbocycles. The summed E-state index contributed by atoms with van der Waals surface area (Å²) >= 11 is 0. The second-order valence-corrected chi connectivity index (χ2v) is 6.70. The van der Waals surface area contributed by atoms with Crippen LogP contribution in [0.25, 0.3) is 0 Å². The lowest BCUT2D eigenvalue weighted by Crippen LogP contribution is -2.54. The van der Waals surface area contributed by atoms with Crippen molar-refractivity contribution in [3.8, 4) is 11.8 Å². The number of fused-ring (bicyclic) bond motifs is 2. The molecule has 0 radical (unpaired) electrons. The van der Waals surface area contributed by atoms with Gasteiger partial charge in [0.05, 0.1) is 0 Å². The molecule has 4 atom stereocenters. The summed E-state index contributed by atoms with van der Waals surface area (Å²) in [5, 5.41) is 0. The molecule has 0 heteroatoms. The van der Waals surface area contributed by atoms with E-state index in [4.69, 9.17) is 0 Å². The van der Waals surface area contributed by atoms with Gasteiger partial charge in [-0.25, -0.2) is 0 Å². The van der Waals surface area contributed by atoms with Crippen molar-refractivity contribution in [3.63, 3.8) is 0 Å². The van der Waals surface area contributed by atoms with E-state index in [0.717, 1.165) is 23.3 Å². The van der Waals surface area contributed by atoms with E-state index < -0.39 is 0 Å². The Morgan fingerprint density at radius 2 is 1.83 bits per heavy atom. The summed E-state index contributed by atoms with van der Waals surface area (Å²) in [6.07, 6.45) is 2.75. The average molecular weight is 238 g/mol. The SMILES string of the molecule is C[C@H]1[C@H](C#Cc2ccccc2)C[C@@H]2C[C@H]1C2(C)C. The Morgan fingerprint density at radius 3 is 2.44 bits per heavy atom. The van der Waals surface area contributed by atoms with E-state index in [1.807, 2.05) is 6.07 Å². The molecule has 18 heavy (non-hydrogen) atoms. The first-order valence-corrected chi connectivity index (χ1v) is 7.15. The van der Waals surface area contributed by atoms with E-state index in [2.05, 4.69) is 56.9 Å². The van der Waals surface area contributed by atoms with Gasteiger partial charge >= 0.3 is 0 Å². The Kier molecular flexibility index (Phi) is 2.74. The Hall–Kier alpha value is -1.22. The summed E-state index contributed by atoms with van der Waals surface area (Å²) in [7, 11) is 0. The fraction of sp³-hybridized carbons (Fsp3) is 0.556. The Labute approximate surface area is 111 Å². The zero-order valence-electron chi connectivity index (χ0n) is 11.6. The third-order valence-electron chi connectivity index (χ3n) is 5.53. The van der Waals surface area contributed by atoms with Crippen LogP contribution < -0.4 is 0 Å². The summed E-state index contributed by atoms with van der Waals surface area (Å²) < 4.78 is 0. The highest BCUT2D eigenvalue weighted by Crippen LogP contribution is 2.62. The molecule has 3 saturated carbocycles. The molecule has 0 spiro atoms. The van der Waals surface area contributed by atoms with Crippen molar-refractivity contribution in [1.29, 1.82) is 0 Å². The first-order chi connectivity index (χ1) is 8.59. The maximum atomic E-state index is 3.54. The molecule has 0 aromatic heterocycles. The summed E-state index contributed by atoms with van der Waals surface area (Å²) in [6.45, 7) is 7.30. The van der Waals surface area contributed by atoms with Gasteiger partial charge in [0.25, 0.3) is 0 Å². The van der Waals surface area contributed by atoms with E-state index in [0.29, 0.717) is 11.3 Å². The number of benzene rings is 1. The monoisotopic (exact) mass is 238 g/mol. The summed E-state index contributed by atoms with van der Waals surface area (Å²) in [5.41, 5.74) is 1.73. The van der Waals surface area contributed by atoms with Gasteiger partial charge in [-0.05, 0) is 48.1 Å². The van der Waals surface area contributed by atoms with Crippen LogP contribution >= 0.6 is 0 Å². The highest BCUT2D eigenvalue weighted by molar-refractivity contribution is 5.34. The highest BCUT2D eigenvalue weighted by Gasteiger charge is 2.55. The molecule has 0 N–H and O–H groups in total. The van der Waals surface area contributed by atoms with E-state index in [-0.39, 0.29) is 0 Å². The van der Waals surface area contributed by atoms with Crippen LogP contribution in [0.15, 0.2) is 30.3 Å². The van der Waals surface area contributed by atoms with Crippen molar-refractivity contribution < 1.29 is 0 Å². The molecule has 0 amide bonds. The van der Waals surface area contributed by atoms with Crippen molar-refractivity contribution in [2.24, 2.45) is 29.1 Å². The van der Waals surface area contributed by atoms with Crippen LogP contribution in [0.4, 0.5) is 0 Å². The molecule has 1 aromatic rings. The van der Waals surface area contributed by atoms with Crippen LogP contribution in [0.3, 0.4) is 0 Å². The minimum Gasteiger partial charge on any atom is -0.0942 e. The van der Waals surface area contributed by atoms with Crippen LogP contribution in [0, 0.1) is 40.9 Å². The third kappa shape index (κ3) is 1.77. The topological polar surface area (TPSA) is 0 Å². The molecule has 4 rings (SSSR count). The Morgan fingerprint density at radius 1 is 1.11 bits per heavy atom. The zero-order valence-corrected chi connectivity index (χ0v) is 11.6. The molecule has 1 aromatic carbocycles. The van der Waals surface area contributed by atoms with Crippen LogP contribution in [0.5, 0.6) is 0 Å². The van der Waals surface area contributed by atoms with Gasteiger partial charge in [0, 0.05) is 11.5 Å². The fourth-order valence-electron chi connectivity index (χ4n) is 4.04. The van der Waals surface area contributed by atoms with Gasteiger partial charge in [-0.15, -0.1) is 0 Å². The molecule has 0 unspecified atom stereocenters. The van der Waals surface area contributed by atoms with Crippen molar-refractivity contribution in [2.45, 2.75) is 33.6 Å². The average Bonchev–Trinajstić information content (AvgIpc) is 2.38. The van der Waals surface area contributed by atoms with Crippen molar-refractivity contribution in [3.05, 3.63) is 35.9 Å². The molecule has 3 fully saturated rings. The first-order valence-electron chi connectivity index (χ1n) is 7.15. The number of hydrogen-bond donors (Lipinski definition) is 0. The number of rotatable bonds is 0. The fourth-order valence-corrected chi connectivity index (χ4v) is 4.04. The largest absolute Gasteiger partial charge is 0.0942 e. The molecule has 0 saturated heterocycles. The predicted octanol–water partition coefficient (Wildman–Crippen LogP) is 4.36. The van der Waals surface area contributed by atoms with E-state index in [9.17, 15) is 0 Å². The van der Waals surface area contributed by atoms with Crippen LogP contribution in [-0.4, -0.2) is 0 Å². The molecule has 2 bridgehead atoms. The second kappa shape index (κ2) is 4.16. The normalized spacial score (nSPS) is 36.2. The lowest BCUT2D eigenvalue weighted by Gasteiger charge is -2.61. The maximum Gasteiger partial charge on any atom is 0.0245 e. The molecule has 94 valence electrons. The van der Waals surface area contributed by atoms with Gasteiger partial charge in [-0.3, -0.25) is 0 Å². The smallest absolute Gasteiger partial charge is 0.0245 e. The second-order valence-electron chi connectivity index (χ2n) is 6.70. The minimum absolute atomic E-state index is 0.574. The minimum atomic E-state index is 0.574. The third-order valence-corrected chi connectivity index (χ3v) is 5.53. The quantitative estimate of drug-likeness (QED) is 0.589. The van der Waals surface area contributed by atoms with Gasteiger partial charge in [-0.1, -0.05) is 50.8 Å². The molecule has 3 aliphatic rings. The standard InChI is InChI=1S/C18H22/c1-13-15(10-9-14-7-5-4-6-8-14)11-16-12-17(13)18(16,2)3/h4-8,13,15-17H,11-12H2,1-3H3/t13-,15+,16+,17+/m0/s1. The van der Waals surface area contributed by atoms with Crippen LogP contribution in [0.1, 0.15) is 39.2 Å². The molecular formula is C18H22. The van der Waals surface area contributed by atoms with E-state index in [1.54, 1.807) is 0 Å². The van der Waals surface area contributed by atoms with Gasteiger partial charge in [0.1, 0.15) is 0 Å². The highest BCUT2D eigenvalue weighted by atomic mass is 14.6. The van der Waals surface area contributed by atoms with Gasteiger partial charge in [0.2, 0.25) is 0 Å². The predicted molar refractivity (Wildman–Crippen MR) is 76.0 cm³/mol. The van der Waals surface area contributed by atoms with E-state index >= 15 is 0 Å². The summed E-state index contributed by atoms with van der Waals surface area (Å²) in [6, 6.07) is 10.4. The van der Waals surface area contributed by atoms with Crippen molar-refractivity contribution in [2.75, 3.05) is 0 Å². The molecule has 0 heterocycles. The van der Waals surface area contributed by atoms with Gasteiger partial charge in [-0.2, -0.15) is 0 Å². The zero-order chi connectivity index (χ0) is 12.8. The molecule has 0 aliphatic heterocycles. The van der Waals surface area contributed by atoms with Gasteiger partial charge in [0.15, 0.2) is 0 Å². The first kappa shape index (κ1) is 11.8. The lowest BCUT2D eigenvalue weighted by molar-refractivity contribution is -0.116. The number of hydrogen-bond acceptors (Lipinski definition) is 0. The van der Waals surface area contributed by atoms with Crippen molar-refractivity contribution in [1.82, 2.24) is 0 Å². The summed E-state index contributed by atoms with van der Waals surface area (Å²) in [4.78, 5) is 0. The Balaban J connectivity index is 1.75.